The molecule has 2 N–H and O–H groups in total. The number of hydrogen-bond acceptors (Lipinski definition) is 5. The van der Waals surface area contributed by atoms with Crippen LogP contribution in [0.25, 0.3) is 11.1 Å². The van der Waals surface area contributed by atoms with Gasteiger partial charge in [0.2, 0.25) is 0 Å². The topological polar surface area (TPSA) is 105 Å². The van der Waals surface area contributed by atoms with Crippen LogP contribution < -0.4 is 5.32 Å². The Hall–Kier alpha value is -3.39. The largest absolute Gasteiger partial charge is 0.481 e. The first-order chi connectivity index (χ1) is 16.9. The fourth-order valence-electron chi connectivity index (χ4n) is 5.64. The van der Waals surface area contributed by atoms with Crippen molar-refractivity contribution in [2.24, 2.45) is 11.3 Å². The molecule has 1 spiro atoms. The minimum absolute atomic E-state index is 0.0199. The van der Waals surface area contributed by atoms with E-state index in [4.69, 9.17) is 9.47 Å². The summed E-state index contributed by atoms with van der Waals surface area (Å²) < 4.78 is 10.9. The molecular weight excluding hydrogens is 448 g/mol. The average Bonchev–Trinajstić information content (AvgIpc) is 3.41. The van der Waals surface area contributed by atoms with E-state index in [9.17, 15) is 19.5 Å². The fourth-order valence-corrected chi connectivity index (χ4v) is 5.64. The highest BCUT2D eigenvalue weighted by Crippen LogP contribution is 2.56. The molecule has 2 amide bonds. The number of carboxylic acids is 1. The van der Waals surface area contributed by atoms with E-state index in [1.807, 2.05) is 24.3 Å². The first kappa shape index (κ1) is 23.4. The van der Waals surface area contributed by atoms with Gasteiger partial charge < -0.3 is 24.8 Å². The van der Waals surface area contributed by atoms with Crippen molar-refractivity contribution in [1.29, 1.82) is 0 Å². The second kappa shape index (κ2) is 9.34. The summed E-state index contributed by atoms with van der Waals surface area (Å²) in [5.41, 5.74) is 4.35. The van der Waals surface area contributed by atoms with Crippen molar-refractivity contribution in [2.75, 3.05) is 33.4 Å². The summed E-state index contributed by atoms with van der Waals surface area (Å²) in [7, 11) is 1.45. The van der Waals surface area contributed by atoms with Crippen LogP contribution in [-0.4, -0.2) is 67.4 Å². The van der Waals surface area contributed by atoms with E-state index in [0.29, 0.717) is 6.54 Å². The number of benzene rings is 2. The number of methoxy groups -OCH3 is 1. The summed E-state index contributed by atoms with van der Waals surface area (Å²) in [5.74, 6) is -1.60. The lowest BCUT2D eigenvalue weighted by Gasteiger charge is -2.22. The quantitative estimate of drug-likeness (QED) is 0.604. The van der Waals surface area contributed by atoms with Gasteiger partial charge in [-0.1, -0.05) is 48.5 Å². The summed E-state index contributed by atoms with van der Waals surface area (Å²) in [6, 6.07) is 16.3. The predicted octanol–water partition coefficient (Wildman–Crippen LogP) is 3.25. The lowest BCUT2D eigenvalue weighted by atomic mass is 9.93. The zero-order valence-electron chi connectivity index (χ0n) is 19.7. The van der Waals surface area contributed by atoms with Gasteiger partial charge in [-0.2, -0.15) is 0 Å². The zero-order valence-corrected chi connectivity index (χ0v) is 19.7. The molecule has 0 bridgehead atoms. The standard InChI is InChI=1S/C27H30N2O6/c1-34-23(24(30)29-14-22(25(31)32)27(16-29)11-12-27)10-13-28-26(33)35-15-21-19-8-4-2-6-17(19)18-7-3-5-9-20(18)21/h2-9,21-23H,10-16H2,1H3,(H,28,33)(H,31,32). The maximum absolute atomic E-state index is 12.9. The van der Waals surface area contributed by atoms with Crippen LogP contribution in [0.3, 0.4) is 0 Å². The maximum atomic E-state index is 12.9. The number of hydrogen-bond donors (Lipinski definition) is 2. The average molecular weight is 479 g/mol. The van der Waals surface area contributed by atoms with Crippen molar-refractivity contribution in [3.63, 3.8) is 0 Å². The number of ether oxygens (including phenoxy) is 2. The number of amides is 2. The molecule has 8 nitrogen and oxygen atoms in total. The molecule has 2 aliphatic carbocycles. The summed E-state index contributed by atoms with van der Waals surface area (Å²) >= 11 is 0. The Labute approximate surface area is 204 Å². The molecule has 8 heteroatoms. The second-order valence-corrected chi connectivity index (χ2v) is 9.74. The summed E-state index contributed by atoms with van der Waals surface area (Å²) in [5, 5.41) is 12.2. The first-order valence-electron chi connectivity index (χ1n) is 12.1. The minimum Gasteiger partial charge on any atom is -0.481 e. The Morgan fingerprint density at radius 1 is 1.09 bits per heavy atom. The van der Waals surface area contributed by atoms with Gasteiger partial charge in [0.15, 0.2) is 0 Å². The number of nitrogens with zero attached hydrogens (tertiary/aromatic N) is 1. The van der Waals surface area contributed by atoms with Gasteiger partial charge in [-0.15, -0.1) is 0 Å². The summed E-state index contributed by atoms with van der Waals surface area (Å²) in [4.78, 5) is 38.5. The number of aliphatic carboxylic acids is 1. The predicted molar refractivity (Wildman–Crippen MR) is 128 cm³/mol. The van der Waals surface area contributed by atoms with E-state index in [2.05, 4.69) is 29.6 Å². The van der Waals surface area contributed by atoms with Gasteiger partial charge in [-0.3, -0.25) is 9.59 Å². The van der Waals surface area contributed by atoms with Crippen LogP contribution in [0, 0.1) is 11.3 Å². The van der Waals surface area contributed by atoms with Crippen LogP contribution in [0.5, 0.6) is 0 Å². The number of carbonyl (C=O) groups is 3. The zero-order chi connectivity index (χ0) is 24.6. The molecule has 1 heterocycles. The fraction of sp³-hybridized carbons (Fsp3) is 0.444. The highest BCUT2D eigenvalue weighted by molar-refractivity contribution is 5.83. The number of likely N-dealkylation sites (tertiary alicyclic amines) is 1. The van der Waals surface area contributed by atoms with E-state index in [1.54, 1.807) is 4.90 Å². The van der Waals surface area contributed by atoms with Crippen molar-refractivity contribution in [3.05, 3.63) is 59.7 Å². The molecule has 2 atom stereocenters. The molecule has 2 unspecified atom stereocenters. The van der Waals surface area contributed by atoms with Crippen LogP contribution >= 0.6 is 0 Å². The number of carbonyl (C=O) groups excluding carboxylic acids is 2. The van der Waals surface area contributed by atoms with Gasteiger partial charge in [-0.05, 0) is 35.1 Å². The third-order valence-electron chi connectivity index (χ3n) is 7.73. The van der Waals surface area contributed by atoms with Crippen molar-refractivity contribution < 1.29 is 29.0 Å². The maximum Gasteiger partial charge on any atom is 0.407 e. The monoisotopic (exact) mass is 478 g/mol. The summed E-state index contributed by atoms with van der Waals surface area (Å²) in [6.45, 7) is 1.11. The number of alkyl carbamates (subject to hydrolysis) is 1. The molecule has 1 saturated carbocycles. The first-order valence-corrected chi connectivity index (χ1v) is 12.1. The van der Waals surface area contributed by atoms with Crippen molar-refractivity contribution >= 4 is 18.0 Å². The SMILES string of the molecule is COC(CCNC(=O)OCC1c2ccccc2-c2ccccc21)C(=O)N1CC(C(=O)O)C2(CC2)C1. The third kappa shape index (κ3) is 4.38. The molecule has 1 saturated heterocycles. The Morgan fingerprint density at radius 2 is 1.71 bits per heavy atom. The van der Waals surface area contributed by atoms with Crippen LogP contribution in [0.4, 0.5) is 4.79 Å². The van der Waals surface area contributed by atoms with E-state index >= 15 is 0 Å². The van der Waals surface area contributed by atoms with Crippen LogP contribution in [0.1, 0.15) is 36.3 Å². The Kier molecular flexibility index (Phi) is 6.23. The van der Waals surface area contributed by atoms with E-state index in [0.717, 1.165) is 24.0 Å². The van der Waals surface area contributed by atoms with E-state index < -0.39 is 24.1 Å². The molecule has 5 rings (SSSR count). The van der Waals surface area contributed by atoms with Gasteiger partial charge in [0.1, 0.15) is 12.7 Å². The molecule has 0 radical (unpaired) electrons. The number of carboxylic acid groups (broad SMARTS) is 1. The molecule has 2 aromatic rings. The molecular formula is C27H30N2O6. The molecule has 0 aromatic heterocycles. The van der Waals surface area contributed by atoms with Crippen LogP contribution in [-0.2, 0) is 19.1 Å². The molecule has 2 fully saturated rings. The lowest BCUT2D eigenvalue weighted by Crippen LogP contribution is -2.41. The number of rotatable bonds is 8. The smallest absolute Gasteiger partial charge is 0.407 e. The van der Waals surface area contributed by atoms with Gasteiger partial charge in [0, 0.05) is 44.5 Å². The minimum atomic E-state index is -0.844. The van der Waals surface area contributed by atoms with Gasteiger partial charge >= 0.3 is 12.1 Å². The van der Waals surface area contributed by atoms with Crippen LogP contribution in [0.2, 0.25) is 0 Å². The number of fused-ring (bicyclic) bond motifs is 3. The number of nitrogens with one attached hydrogen (secondary N) is 1. The van der Waals surface area contributed by atoms with Crippen molar-refractivity contribution in [1.82, 2.24) is 10.2 Å². The normalized spacial score (nSPS) is 20.3. The second-order valence-electron chi connectivity index (χ2n) is 9.74. The van der Waals surface area contributed by atoms with Gasteiger partial charge in [-0.25, -0.2) is 4.79 Å². The Bertz CT molecular complexity index is 1100. The van der Waals surface area contributed by atoms with Crippen molar-refractivity contribution in [3.8, 4) is 11.1 Å². The Balaban J connectivity index is 1.12. The third-order valence-corrected chi connectivity index (χ3v) is 7.73. The van der Waals surface area contributed by atoms with Gasteiger partial charge in [0.05, 0.1) is 5.92 Å². The molecule has 2 aromatic carbocycles. The molecule has 1 aliphatic heterocycles. The van der Waals surface area contributed by atoms with Crippen LogP contribution in [0.15, 0.2) is 48.5 Å². The molecule has 184 valence electrons. The molecule has 35 heavy (non-hydrogen) atoms. The van der Waals surface area contributed by atoms with E-state index in [1.165, 1.54) is 18.2 Å². The molecule has 3 aliphatic rings. The van der Waals surface area contributed by atoms with Gasteiger partial charge in [0.25, 0.3) is 5.91 Å². The van der Waals surface area contributed by atoms with E-state index in [-0.39, 0.29) is 43.4 Å². The highest BCUT2D eigenvalue weighted by atomic mass is 16.5. The van der Waals surface area contributed by atoms with Crippen molar-refractivity contribution in [2.45, 2.75) is 31.3 Å². The highest BCUT2D eigenvalue weighted by Gasteiger charge is 2.59. The summed E-state index contributed by atoms with van der Waals surface area (Å²) in [6.07, 6.45) is 0.676. The lowest BCUT2D eigenvalue weighted by molar-refractivity contribution is -0.144. The Morgan fingerprint density at radius 3 is 2.26 bits per heavy atom.